The number of methoxy groups -OCH3 is 1. The second-order valence-corrected chi connectivity index (χ2v) is 2.60. The Kier molecular flexibility index (Phi) is 2.91. The van der Waals surface area contributed by atoms with E-state index in [1.54, 1.807) is 0 Å². The minimum absolute atomic E-state index is 0.0922. The first-order chi connectivity index (χ1) is 6.54. The number of carbonyl (C=O) groups is 2. The first-order valence-electron chi connectivity index (χ1n) is 3.81. The molecule has 0 saturated carbocycles. The van der Waals surface area contributed by atoms with Gasteiger partial charge in [-0.2, -0.15) is 0 Å². The van der Waals surface area contributed by atoms with Crippen molar-refractivity contribution in [2.45, 2.75) is 6.92 Å². The number of aromatic nitrogens is 1. The van der Waals surface area contributed by atoms with Gasteiger partial charge in [-0.25, -0.2) is 14.2 Å². The number of hydrogen-bond donors (Lipinski definition) is 0. The zero-order valence-electron chi connectivity index (χ0n) is 7.70. The predicted octanol–water partition coefficient (Wildman–Crippen LogP) is 1.21. The topological polar surface area (TPSA) is 56.3 Å². The number of ketones is 1. The Balaban J connectivity index is 3.20. The third-order valence-electron chi connectivity index (χ3n) is 1.55. The van der Waals surface area contributed by atoms with Crippen molar-refractivity contribution < 1.29 is 18.7 Å². The molecule has 0 fully saturated rings. The third kappa shape index (κ3) is 2.12. The molecule has 0 N–H and O–H groups in total. The number of Topliss-reactive ketones (excluding diaryl/α,β-unsaturated/α-hetero) is 1. The molecule has 0 radical (unpaired) electrons. The highest BCUT2D eigenvalue weighted by molar-refractivity contribution is 5.94. The number of ether oxygens (including phenoxy) is 1. The van der Waals surface area contributed by atoms with Crippen molar-refractivity contribution in [1.29, 1.82) is 0 Å². The molecule has 14 heavy (non-hydrogen) atoms. The lowest BCUT2D eigenvalue weighted by molar-refractivity contribution is 0.0593. The molecule has 0 aliphatic heterocycles. The summed E-state index contributed by atoms with van der Waals surface area (Å²) in [5.74, 6) is -1.87. The molecule has 0 aliphatic rings. The SMILES string of the molecule is COC(=O)c1cc(F)cc(C(C)=O)n1. The van der Waals surface area contributed by atoms with Gasteiger partial charge in [-0.15, -0.1) is 0 Å². The van der Waals surface area contributed by atoms with Crippen molar-refractivity contribution in [3.05, 3.63) is 29.3 Å². The van der Waals surface area contributed by atoms with Crippen LogP contribution in [0.15, 0.2) is 12.1 Å². The maximum Gasteiger partial charge on any atom is 0.356 e. The van der Waals surface area contributed by atoms with Gasteiger partial charge in [0.05, 0.1) is 7.11 Å². The summed E-state index contributed by atoms with van der Waals surface area (Å²) in [7, 11) is 1.16. The molecule has 0 amide bonds. The van der Waals surface area contributed by atoms with Crippen LogP contribution in [-0.2, 0) is 4.74 Å². The smallest absolute Gasteiger partial charge is 0.356 e. The standard InChI is InChI=1S/C9H8FNO3/c1-5(12)7-3-6(10)4-8(11-7)9(13)14-2/h3-4H,1-2H3. The van der Waals surface area contributed by atoms with E-state index in [0.29, 0.717) is 0 Å². The summed E-state index contributed by atoms with van der Waals surface area (Å²) in [5, 5.41) is 0. The van der Waals surface area contributed by atoms with Gasteiger partial charge in [0.25, 0.3) is 0 Å². The molecule has 1 rings (SSSR count). The molecule has 5 heteroatoms. The zero-order chi connectivity index (χ0) is 10.7. The average molecular weight is 197 g/mol. The fourth-order valence-electron chi connectivity index (χ4n) is 0.887. The highest BCUT2D eigenvalue weighted by atomic mass is 19.1. The Hall–Kier alpha value is -1.78. The normalized spacial score (nSPS) is 9.64. The Labute approximate surface area is 79.7 Å². The number of halogens is 1. The summed E-state index contributed by atoms with van der Waals surface area (Å²) in [6, 6.07) is 1.88. The molecule has 0 aromatic carbocycles. The molecule has 0 atom stereocenters. The van der Waals surface area contributed by atoms with Crippen molar-refractivity contribution in [2.24, 2.45) is 0 Å². The summed E-state index contributed by atoms with van der Waals surface area (Å²) >= 11 is 0. The van der Waals surface area contributed by atoms with Crippen LogP contribution in [0, 0.1) is 5.82 Å². The summed E-state index contributed by atoms with van der Waals surface area (Å²) in [5.41, 5.74) is -0.303. The fourth-order valence-corrected chi connectivity index (χ4v) is 0.887. The molecule has 74 valence electrons. The van der Waals surface area contributed by atoms with Gasteiger partial charge in [0.15, 0.2) is 11.5 Å². The lowest BCUT2D eigenvalue weighted by atomic mass is 10.2. The van der Waals surface area contributed by atoms with Gasteiger partial charge in [-0.3, -0.25) is 4.79 Å². The first-order valence-corrected chi connectivity index (χ1v) is 3.81. The van der Waals surface area contributed by atoms with E-state index >= 15 is 0 Å². The minimum Gasteiger partial charge on any atom is -0.464 e. The molecule has 1 aromatic heterocycles. The minimum atomic E-state index is -0.771. The van der Waals surface area contributed by atoms with Crippen LogP contribution in [-0.4, -0.2) is 23.8 Å². The number of carbonyl (C=O) groups excluding carboxylic acids is 2. The monoisotopic (exact) mass is 197 g/mol. The number of hydrogen-bond acceptors (Lipinski definition) is 4. The molecule has 1 heterocycles. The Morgan fingerprint density at radius 1 is 1.36 bits per heavy atom. The van der Waals surface area contributed by atoms with Crippen molar-refractivity contribution >= 4 is 11.8 Å². The van der Waals surface area contributed by atoms with Crippen LogP contribution in [0.2, 0.25) is 0 Å². The van der Waals surface area contributed by atoms with Gasteiger partial charge in [0, 0.05) is 19.1 Å². The highest BCUT2D eigenvalue weighted by Gasteiger charge is 2.12. The molecular formula is C9H8FNO3. The third-order valence-corrected chi connectivity index (χ3v) is 1.55. The molecule has 0 spiro atoms. The lowest BCUT2D eigenvalue weighted by Crippen LogP contribution is -2.08. The number of rotatable bonds is 2. The summed E-state index contributed by atoms with van der Waals surface area (Å²) in [6.45, 7) is 1.24. The van der Waals surface area contributed by atoms with Crippen LogP contribution >= 0.6 is 0 Å². The van der Waals surface area contributed by atoms with E-state index in [2.05, 4.69) is 9.72 Å². The maximum atomic E-state index is 12.9. The van der Waals surface area contributed by atoms with E-state index < -0.39 is 17.6 Å². The van der Waals surface area contributed by atoms with E-state index in [1.807, 2.05) is 0 Å². The molecule has 0 unspecified atom stereocenters. The molecular weight excluding hydrogens is 189 g/mol. The Bertz CT molecular complexity index is 390. The van der Waals surface area contributed by atoms with Crippen LogP contribution < -0.4 is 0 Å². The molecule has 0 saturated heterocycles. The maximum absolute atomic E-state index is 12.9. The van der Waals surface area contributed by atoms with Crippen LogP contribution in [0.25, 0.3) is 0 Å². The van der Waals surface area contributed by atoms with Crippen LogP contribution in [0.3, 0.4) is 0 Å². The van der Waals surface area contributed by atoms with E-state index in [4.69, 9.17) is 0 Å². The second kappa shape index (κ2) is 3.95. The molecule has 0 bridgehead atoms. The van der Waals surface area contributed by atoms with Gasteiger partial charge in [-0.05, 0) is 0 Å². The van der Waals surface area contributed by atoms with Crippen LogP contribution in [0.4, 0.5) is 4.39 Å². The van der Waals surface area contributed by atoms with Crippen LogP contribution in [0.5, 0.6) is 0 Å². The Morgan fingerprint density at radius 2 is 1.93 bits per heavy atom. The van der Waals surface area contributed by atoms with Gasteiger partial charge in [-0.1, -0.05) is 0 Å². The van der Waals surface area contributed by atoms with Crippen molar-refractivity contribution in [3.63, 3.8) is 0 Å². The van der Waals surface area contributed by atoms with Gasteiger partial charge in [0.1, 0.15) is 11.5 Å². The van der Waals surface area contributed by atoms with Crippen molar-refractivity contribution in [3.8, 4) is 0 Å². The summed E-state index contributed by atoms with van der Waals surface area (Å²) < 4.78 is 17.2. The van der Waals surface area contributed by atoms with E-state index in [-0.39, 0.29) is 11.4 Å². The number of nitrogens with zero attached hydrogens (tertiary/aromatic N) is 1. The summed E-state index contributed by atoms with van der Waals surface area (Å²) in [4.78, 5) is 25.5. The predicted molar refractivity (Wildman–Crippen MR) is 45.5 cm³/mol. The van der Waals surface area contributed by atoms with E-state index in [0.717, 1.165) is 19.2 Å². The first kappa shape index (κ1) is 10.3. The van der Waals surface area contributed by atoms with Gasteiger partial charge < -0.3 is 4.74 Å². The fraction of sp³-hybridized carbons (Fsp3) is 0.222. The van der Waals surface area contributed by atoms with E-state index in [9.17, 15) is 14.0 Å². The molecule has 4 nitrogen and oxygen atoms in total. The quantitative estimate of drug-likeness (QED) is 0.528. The van der Waals surface area contributed by atoms with E-state index in [1.165, 1.54) is 6.92 Å². The van der Waals surface area contributed by atoms with Crippen molar-refractivity contribution in [2.75, 3.05) is 7.11 Å². The van der Waals surface area contributed by atoms with Crippen molar-refractivity contribution in [1.82, 2.24) is 4.98 Å². The average Bonchev–Trinajstić information content (AvgIpc) is 2.15. The molecule has 0 aliphatic carbocycles. The Morgan fingerprint density at radius 3 is 2.43 bits per heavy atom. The molecule has 1 aromatic rings. The zero-order valence-corrected chi connectivity index (χ0v) is 7.70. The lowest BCUT2D eigenvalue weighted by Gasteiger charge is -2.00. The number of pyridine rings is 1. The highest BCUT2D eigenvalue weighted by Crippen LogP contribution is 2.06. The number of esters is 1. The van der Waals surface area contributed by atoms with Crippen LogP contribution in [0.1, 0.15) is 27.9 Å². The van der Waals surface area contributed by atoms with Gasteiger partial charge >= 0.3 is 5.97 Å². The second-order valence-electron chi connectivity index (χ2n) is 2.60. The largest absolute Gasteiger partial charge is 0.464 e. The van der Waals surface area contributed by atoms with Gasteiger partial charge in [0.2, 0.25) is 0 Å². The summed E-state index contributed by atoms with van der Waals surface area (Å²) in [6.07, 6.45) is 0.